The van der Waals surface area contributed by atoms with E-state index in [4.69, 9.17) is 10.5 Å². The van der Waals surface area contributed by atoms with Crippen molar-refractivity contribution in [3.8, 4) is 5.75 Å². The lowest BCUT2D eigenvalue weighted by atomic mass is 9.84. The molecule has 2 N–H and O–H groups in total. The fourth-order valence-corrected chi connectivity index (χ4v) is 2.07. The van der Waals surface area contributed by atoms with Crippen molar-refractivity contribution in [2.75, 3.05) is 7.11 Å². The van der Waals surface area contributed by atoms with Crippen molar-refractivity contribution in [3.63, 3.8) is 0 Å². The Morgan fingerprint density at radius 2 is 2.00 bits per heavy atom. The summed E-state index contributed by atoms with van der Waals surface area (Å²) in [5.74, 6) is 1.06. The van der Waals surface area contributed by atoms with Crippen molar-refractivity contribution in [3.05, 3.63) is 29.3 Å². The van der Waals surface area contributed by atoms with Gasteiger partial charge in [-0.1, -0.05) is 32.9 Å². The number of benzene rings is 1. The standard InChI is InChI=1S/C16H25NO2/c1-11(18)6-8-14(17)12-7-9-15(19-5)13(10-12)16(2,3)4/h7,9-10,14H,6,8,17H2,1-5H3. The summed E-state index contributed by atoms with van der Waals surface area (Å²) in [6.45, 7) is 8.04. The van der Waals surface area contributed by atoms with Gasteiger partial charge in [0.15, 0.2) is 0 Å². The summed E-state index contributed by atoms with van der Waals surface area (Å²) < 4.78 is 5.41. The van der Waals surface area contributed by atoms with E-state index in [0.29, 0.717) is 12.8 Å². The molecule has 3 nitrogen and oxygen atoms in total. The first-order chi connectivity index (χ1) is 8.75. The van der Waals surface area contributed by atoms with Gasteiger partial charge in [0.05, 0.1) is 7.11 Å². The predicted octanol–water partition coefficient (Wildman–Crippen LogP) is 3.36. The molecule has 0 saturated heterocycles. The lowest BCUT2D eigenvalue weighted by Gasteiger charge is -2.24. The second-order valence-electron chi connectivity index (χ2n) is 6.06. The molecule has 0 aliphatic rings. The minimum absolute atomic E-state index is 0.00164. The molecule has 0 spiro atoms. The van der Waals surface area contributed by atoms with Gasteiger partial charge in [-0.2, -0.15) is 0 Å². The van der Waals surface area contributed by atoms with E-state index in [1.807, 2.05) is 12.1 Å². The maximum absolute atomic E-state index is 11.0. The Morgan fingerprint density at radius 3 is 2.47 bits per heavy atom. The van der Waals surface area contributed by atoms with Crippen LogP contribution in [0.1, 0.15) is 57.7 Å². The van der Waals surface area contributed by atoms with Crippen LogP contribution in [0.3, 0.4) is 0 Å². The number of methoxy groups -OCH3 is 1. The van der Waals surface area contributed by atoms with E-state index in [1.165, 1.54) is 0 Å². The van der Waals surface area contributed by atoms with Gasteiger partial charge in [-0.3, -0.25) is 0 Å². The summed E-state index contributed by atoms with van der Waals surface area (Å²) in [6.07, 6.45) is 1.21. The molecule has 19 heavy (non-hydrogen) atoms. The highest BCUT2D eigenvalue weighted by molar-refractivity contribution is 5.75. The highest BCUT2D eigenvalue weighted by Crippen LogP contribution is 2.33. The largest absolute Gasteiger partial charge is 0.496 e. The van der Waals surface area contributed by atoms with Crippen LogP contribution in [-0.4, -0.2) is 12.9 Å². The van der Waals surface area contributed by atoms with Gasteiger partial charge in [0.2, 0.25) is 0 Å². The van der Waals surface area contributed by atoms with Crippen LogP contribution in [0, 0.1) is 0 Å². The third-order valence-electron chi connectivity index (χ3n) is 3.27. The number of rotatable bonds is 5. The van der Waals surface area contributed by atoms with Crippen molar-refractivity contribution in [2.24, 2.45) is 5.73 Å². The first kappa shape index (κ1) is 15.7. The van der Waals surface area contributed by atoms with Gasteiger partial charge in [0.25, 0.3) is 0 Å². The van der Waals surface area contributed by atoms with Gasteiger partial charge in [0, 0.05) is 12.5 Å². The molecule has 1 atom stereocenters. The van der Waals surface area contributed by atoms with Crippen molar-refractivity contribution >= 4 is 5.78 Å². The molecule has 1 aromatic carbocycles. The Kier molecular flexibility index (Phi) is 5.12. The second-order valence-corrected chi connectivity index (χ2v) is 6.06. The summed E-state index contributed by atoms with van der Waals surface area (Å²) in [4.78, 5) is 11.0. The van der Waals surface area contributed by atoms with Crippen LogP contribution in [-0.2, 0) is 10.2 Å². The summed E-state index contributed by atoms with van der Waals surface area (Å²) in [7, 11) is 1.68. The maximum atomic E-state index is 11.0. The summed E-state index contributed by atoms with van der Waals surface area (Å²) in [6, 6.07) is 5.95. The smallest absolute Gasteiger partial charge is 0.129 e. The average molecular weight is 263 g/mol. The molecule has 0 fully saturated rings. The quantitative estimate of drug-likeness (QED) is 0.886. The molecule has 0 heterocycles. The summed E-state index contributed by atoms with van der Waals surface area (Å²) in [5.41, 5.74) is 8.36. The number of ketones is 1. The van der Waals surface area contributed by atoms with Gasteiger partial charge < -0.3 is 15.3 Å². The van der Waals surface area contributed by atoms with E-state index in [0.717, 1.165) is 16.9 Å². The molecule has 0 aliphatic carbocycles. The van der Waals surface area contributed by atoms with E-state index >= 15 is 0 Å². The Bertz CT molecular complexity index is 447. The van der Waals surface area contributed by atoms with Crippen LogP contribution in [0.2, 0.25) is 0 Å². The van der Waals surface area contributed by atoms with Gasteiger partial charge in [-0.25, -0.2) is 0 Å². The number of carbonyl (C=O) groups excluding carboxylic acids is 1. The molecule has 1 unspecified atom stereocenters. The average Bonchev–Trinajstić information content (AvgIpc) is 2.34. The molecule has 0 bridgehead atoms. The number of hydrogen-bond acceptors (Lipinski definition) is 3. The lowest BCUT2D eigenvalue weighted by Crippen LogP contribution is -2.16. The highest BCUT2D eigenvalue weighted by atomic mass is 16.5. The fourth-order valence-electron chi connectivity index (χ4n) is 2.07. The van der Waals surface area contributed by atoms with Crippen LogP contribution in [0.25, 0.3) is 0 Å². The Labute approximate surface area is 116 Å². The lowest BCUT2D eigenvalue weighted by molar-refractivity contribution is -0.117. The van der Waals surface area contributed by atoms with Gasteiger partial charge in [-0.15, -0.1) is 0 Å². The highest BCUT2D eigenvalue weighted by Gasteiger charge is 2.20. The second kappa shape index (κ2) is 6.20. The summed E-state index contributed by atoms with van der Waals surface area (Å²) in [5, 5.41) is 0. The molecule has 3 heteroatoms. The number of Topliss-reactive ketones (excluding diaryl/α,β-unsaturated/α-hetero) is 1. The van der Waals surface area contributed by atoms with E-state index in [2.05, 4.69) is 26.8 Å². The topological polar surface area (TPSA) is 52.3 Å². The Balaban J connectivity index is 3.01. The Morgan fingerprint density at radius 1 is 1.37 bits per heavy atom. The van der Waals surface area contributed by atoms with Crippen LogP contribution in [0.4, 0.5) is 0 Å². The van der Waals surface area contributed by atoms with Crippen molar-refractivity contribution in [1.29, 1.82) is 0 Å². The number of hydrogen-bond donors (Lipinski definition) is 1. The zero-order valence-electron chi connectivity index (χ0n) is 12.6. The zero-order chi connectivity index (χ0) is 14.6. The molecule has 0 aliphatic heterocycles. The van der Waals surface area contributed by atoms with Crippen molar-refractivity contribution < 1.29 is 9.53 Å². The van der Waals surface area contributed by atoms with Crippen molar-refractivity contribution in [1.82, 2.24) is 0 Å². The molecule has 0 amide bonds. The number of nitrogens with two attached hydrogens (primary N) is 1. The Hall–Kier alpha value is -1.35. The monoisotopic (exact) mass is 263 g/mol. The van der Waals surface area contributed by atoms with Crippen LogP contribution < -0.4 is 10.5 Å². The first-order valence-electron chi connectivity index (χ1n) is 6.69. The molecular formula is C16H25NO2. The summed E-state index contributed by atoms with van der Waals surface area (Å²) >= 11 is 0. The SMILES string of the molecule is COc1ccc(C(N)CCC(C)=O)cc1C(C)(C)C. The molecule has 0 radical (unpaired) electrons. The first-order valence-corrected chi connectivity index (χ1v) is 6.69. The molecule has 1 rings (SSSR count). The molecule has 1 aromatic rings. The zero-order valence-corrected chi connectivity index (χ0v) is 12.6. The van der Waals surface area contributed by atoms with Crippen molar-refractivity contribution in [2.45, 2.75) is 52.0 Å². The third-order valence-corrected chi connectivity index (χ3v) is 3.27. The van der Waals surface area contributed by atoms with Crippen LogP contribution >= 0.6 is 0 Å². The van der Waals surface area contributed by atoms with Crippen LogP contribution in [0.15, 0.2) is 18.2 Å². The van der Waals surface area contributed by atoms with E-state index in [9.17, 15) is 4.79 Å². The van der Waals surface area contributed by atoms with E-state index < -0.39 is 0 Å². The minimum Gasteiger partial charge on any atom is -0.496 e. The minimum atomic E-state index is -0.101. The normalized spacial score (nSPS) is 13.2. The van der Waals surface area contributed by atoms with Crippen LogP contribution in [0.5, 0.6) is 5.75 Å². The molecule has 0 aromatic heterocycles. The molecule has 106 valence electrons. The van der Waals surface area contributed by atoms with Gasteiger partial charge >= 0.3 is 0 Å². The van der Waals surface area contributed by atoms with E-state index in [1.54, 1.807) is 14.0 Å². The maximum Gasteiger partial charge on any atom is 0.129 e. The number of carbonyl (C=O) groups is 1. The van der Waals surface area contributed by atoms with E-state index in [-0.39, 0.29) is 17.2 Å². The molecule has 0 saturated carbocycles. The van der Waals surface area contributed by atoms with Gasteiger partial charge in [0.1, 0.15) is 11.5 Å². The number of ether oxygens (including phenoxy) is 1. The fraction of sp³-hybridized carbons (Fsp3) is 0.562. The predicted molar refractivity (Wildman–Crippen MR) is 78.5 cm³/mol. The third kappa shape index (κ3) is 4.35. The van der Waals surface area contributed by atoms with Gasteiger partial charge in [-0.05, 0) is 36.0 Å². The molecular weight excluding hydrogens is 238 g/mol.